The number of aliphatic carboxylic acids is 1. The van der Waals surface area contributed by atoms with Gasteiger partial charge in [0, 0.05) is 6.07 Å². The van der Waals surface area contributed by atoms with E-state index in [4.69, 9.17) is 5.11 Å². The molecule has 0 fully saturated rings. The number of hydrogen-bond donors (Lipinski definition) is 2. The van der Waals surface area contributed by atoms with Gasteiger partial charge in [-0.25, -0.2) is 8.78 Å². The first-order valence-electron chi connectivity index (χ1n) is 4.94. The lowest BCUT2D eigenvalue weighted by Gasteiger charge is -2.13. The molecule has 0 saturated carbocycles. The lowest BCUT2D eigenvalue weighted by atomic mass is 9.88. The molecule has 4 nitrogen and oxygen atoms in total. The molecular weight excluding hydrogens is 232 g/mol. The van der Waals surface area contributed by atoms with E-state index in [1.807, 2.05) is 0 Å². The summed E-state index contributed by atoms with van der Waals surface area (Å²) >= 11 is 0. The van der Waals surface area contributed by atoms with E-state index in [0.29, 0.717) is 6.07 Å². The molecule has 6 heteroatoms. The number of fused-ring (bicyclic) bond motifs is 1. The van der Waals surface area contributed by atoms with Crippen LogP contribution in [0.5, 0.6) is 0 Å². The molecule has 1 aliphatic heterocycles. The Hall–Kier alpha value is -1.98. The van der Waals surface area contributed by atoms with E-state index in [9.17, 15) is 18.4 Å². The van der Waals surface area contributed by atoms with Gasteiger partial charge < -0.3 is 10.4 Å². The van der Waals surface area contributed by atoms with Gasteiger partial charge in [-0.3, -0.25) is 9.59 Å². The molecule has 1 aliphatic rings. The number of carboxylic acid groups (broad SMARTS) is 1. The maximum Gasteiger partial charge on any atom is 0.307 e. The zero-order valence-corrected chi connectivity index (χ0v) is 8.83. The number of rotatable bonds is 2. The maximum atomic E-state index is 13.4. The minimum absolute atomic E-state index is 0.0578. The summed E-state index contributed by atoms with van der Waals surface area (Å²) in [6, 6.07) is 1.63. The molecule has 90 valence electrons. The maximum absolute atomic E-state index is 13.4. The van der Waals surface area contributed by atoms with E-state index in [1.54, 1.807) is 0 Å². The van der Waals surface area contributed by atoms with Gasteiger partial charge in [0.05, 0.1) is 17.5 Å². The monoisotopic (exact) mass is 241 g/mol. The van der Waals surface area contributed by atoms with Gasteiger partial charge in [-0.05, 0) is 11.6 Å². The fourth-order valence-corrected chi connectivity index (χ4v) is 1.95. The highest BCUT2D eigenvalue weighted by atomic mass is 19.1. The second-order valence-electron chi connectivity index (χ2n) is 3.95. The molecule has 0 aromatic heterocycles. The van der Waals surface area contributed by atoms with E-state index < -0.39 is 35.3 Å². The molecule has 2 rings (SSSR count). The van der Waals surface area contributed by atoms with Gasteiger partial charge in [0.25, 0.3) is 0 Å². The summed E-state index contributed by atoms with van der Waals surface area (Å²) in [4.78, 5) is 22.4. The third-order valence-electron chi connectivity index (χ3n) is 2.84. The third kappa shape index (κ3) is 1.75. The first-order chi connectivity index (χ1) is 7.91. The highest BCUT2D eigenvalue weighted by molar-refractivity contribution is 6.05. The molecule has 0 spiro atoms. The highest BCUT2D eigenvalue weighted by Gasteiger charge is 2.39. The predicted octanol–water partition coefficient (Wildman–Crippen LogP) is 1.72. The normalized spacial score (nSPS) is 19.7. The van der Waals surface area contributed by atoms with E-state index in [-0.39, 0.29) is 11.3 Å². The van der Waals surface area contributed by atoms with Crippen LogP contribution < -0.4 is 5.32 Å². The highest BCUT2D eigenvalue weighted by Crippen LogP contribution is 2.39. The van der Waals surface area contributed by atoms with Crippen molar-refractivity contribution in [2.45, 2.75) is 12.8 Å². The quantitative estimate of drug-likeness (QED) is 0.828. The number of carbonyl (C=O) groups is 2. The average molecular weight is 241 g/mol. The lowest BCUT2D eigenvalue weighted by Crippen LogP contribution is -2.24. The van der Waals surface area contributed by atoms with Crippen molar-refractivity contribution in [2.75, 3.05) is 5.32 Å². The van der Waals surface area contributed by atoms with Crippen LogP contribution in [0.1, 0.15) is 18.4 Å². The molecule has 2 N–H and O–H groups in total. The van der Waals surface area contributed by atoms with Crippen LogP contribution in [-0.4, -0.2) is 17.0 Å². The van der Waals surface area contributed by atoms with Crippen molar-refractivity contribution in [2.24, 2.45) is 5.92 Å². The van der Waals surface area contributed by atoms with Gasteiger partial charge in [-0.1, -0.05) is 6.92 Å². The number of halogens is 2. The van der Waals surface area contributed by atoms with Crippen molar-refractivity contribution >= 4 is 17.6 Å². The molecule has 1 amide bonds. The summed E-state index contributed by atoms with van der Waals surface area (Å²) in [5.41, 5.74) is -0.0723. The fraction of sp³-hybridized carbons (Fsp3) is 0.273. The zero-order valence-electron chi connectivity index (χ0n) is 8.83. The van der Waals surface area contributed by atoms with Crippen LogP contribution in [0.4, 0.5) is 14.5 Å². The van der Waals surface area contributed by atoms with Gasteiger partial charge >= 0.3 is 5.97 Å². The van der Waals surface area contributed by atoms with Crippen molar-refractivity contribution in [3.63, 3.8) is 0 Å². The zero-order chi connectivity index (χ0) is 12.7. The fourth-order valence-electron chi connectivity index (χ4n) is 1.95. The van der Waals surface area contributed by atoms with Gasteiger partial charge in [0.2, 0.25) is 5.91 Å². The van der Waals surface area contributed by atoms with Gasteiger partial charge in [-0.15, -0.1) is 0 Å². The minimum Gasteiger partial charge on any atom is -0.481 e. The molecule has 0 saturated heterocycles. The largest absolute Gasteiger partial charge is 0.481 e. The first-order valence-corrected chi connectivity index (χ1v) is 4.94. The molecule has 1 heterocycles. The van der Waals surface area contributed by atoms with Crippen LogP contribution in [0.2, 0.25) is 0 Å². The summed E-state index contributed by atoms with van der Waals surface area (Å²) < 4.78 is 26.4. The van der Waals surface area contributed by atoms with Crippen LogP contribution >= 0.6 is 0 Å². The summed E-state index contributed by atoms with van der Waals surface area (Å²) in [6.07, 6.45) is 0. The molecule has 17 heavy (non-hydrogen) atoms. The summed E-state index contributed by atoms with van der Waals surface area (Å²) in [7, 11) is 0. The lowest BCUT2D eigenvalue weighted by molar-refractivity contribution is -0.143. The average Bonchev–Trinajstić information content (AvgIpc) is 2.54. The van der Waals surface area contributed by atoms with Gasteiger partial charge in [0.15, 0.2) is 0 Å². The Kier molecular flexibility index (Phi) is 2.57. The Morgan fingerprint density at radius 3 is 2.71 bits per heavy atom. The number of amides is 1. The smallest absolute Gasteiger partial charge is 0.307 e. The first kappa shape index (κ1) is 11.5. The molecule has 2 unspecified atom stereocenters. The van der Waals surface area contributed by atoms with Crippen molar-refractivity contribution < 1.29 is 23.5 Å². The second kappa shape index (κ2) is 3.80. The predicted molar refractivity (Wildman–Crippen MR) is 54.5 cm³/mol. The van der Waals surface area contributed by atoms with Gasteiger partial charge in [0.1, 0.15) is 11.6 Å². The van der Waals surface area contributed by atoms with Crippen molar-refractivity contribution in [3.8, 4) is 0 Å². The van der Waals surface area contributed by atoms with E-state index in [0.717, 1.165) is 6.07 Å². The van der Waals surface area contributed by atoms with Crippen molar-refractivity contribution in [3.05, 3.63) is 29.3 Å². The van der Waals surface area contributed by atoms with Crippen molar-refractivity contribution in [1.82, 2.24) is 0 Å². The van der Waals surface area contributed by atoms with Crippen molar-refractivity contribution in [1.29, 1.82) is 0 Å². The number of anilines is 1. The number of benzene rings is 1. The van der Waals surface area contributed by atoms with E-state index in [1.165, 1.54) is 6.92 Å². The van der Waals surface area contributed by atoms with Crippen LogP contribution in [0.3, 0.4) is 0 Å². The summed E-state index contributed by atoms with van der Waals surface area (Å²) in [5.74, 6) is -5.65. The van der Waals surface area contributed by atoms with Gasteiger partial charge in [-0.2, -0.15) is 0 Å². The molecule has 0 radical (unpaired) electrons. The Morgan fingerprint density at radius 1 is 1.47 bits per heavy atom. The second-order valence-corrected chi connectivity index (χ2v) is 3.95. The Labute approximate surface area is 95.2 Å². The summed E-state index contributed by atoms with van der Waals surface area (Å²) in [5, 5.41) is 11.1. The Morgan fingerprint density at radius 2 is 2.12 bits per heavy atom. The number of hydrogen-bond acceptors (Lipinski definition) is 2. The molecular formula is C11H9F2NO3. The SMILES string of the molecule is CC(C(=O)O)C1C(=O)Nc2c(F)cc(F)cc21. The summed E-state index contributed by atoms with van der Waals surface area (Å²) in [6.45, 7) is 1.32. The van der Waals surface area contributed by atoms with Crippen LogP contribution in [0.25, 0.3) is 0 Å². The van der Waals surface area contributed by atoms with Crippen LogP contribution in [0.15, 0.2) is 12.1 Å². The van der Waals surface area contributed by atoms with E-state index in [2.05, 4.69) is 5.32 Å². The number of carbonyl (C=O) groups excluding carboxylic acids is 1. The van der Waals surface area contributed by atoms with Crippen LogP contribution in [0, 0.1) is 17.6 Å². The molecule has 1 aromatic rings. The molecule has 1 aromatic carbocycles. The molecule has 0 bridgehead atoms. The Bertz CT molecular complexity index is 516. The number of nitrogens with one attached hydrogen (secondary N) is 1. The molecule has 0 aliphatic carbocycles. The Balaban J connectivity index is 2.54. The van der Waals surface area contributed by atoms with Crippen LogP contribution in [-0.2, 0) is 9.59 Å². The standard InChI is InChI=1S/C11H9F2NO3/c1-4(11(16)17)8-6-2-5(12)3-7(13)9(6)14-10(8)15/h2-4,8H,1H3,(H,14,15)(H,16,17). The van der Waals surface area contributed by atoms with E-state index >= 15 is 0 Å². The topological polar surface area (TPSA) is 66.4 Å². The molecule has 2 atom stereocenters. The number of carboxylic acids is 1. The minimum atomic E-state index is -1.19. The third-order valence-corrected chi connectivity index (χ3v) is 2.84.